The molecule has 2 aromatic rings. The van der Waals surface area contributed by atoms with Crippen LogP contribution in [-0.4, -0.2) is 9.97 Å². The number of aromatic nitrogens is 2. The van der Waals surface area contributed by atoms with Crippen LogP contribution in [-0.2, 0) is 0 Å². The molecule has 1 N–H and O–H groups in total. The van der Waals surface area contributed by atoms with Crippen molar-refractivity contribution in [1.82, 2.24) is 9.97 Å². The number of azo groups is 1. The average molecular weight is 279 g/mol. The van der Waals surface area contributed by atoms with Gasteiger partial charge in [0.25, 0.3) is 0 Å². The first kappa shape index (κ1) is 12.9. The van der Waals surface area contributed by atoms with Crippen LogP contribution < -0.4 is 0 Å². The Morgan fingerprint density at radius 3 is 2.44 bits per heavy atom. The third-order valence-electron chi connectivity index (χ3n) is 2.35. The molecule has 92 valence electrons. The van der Waals surface area contributed by atoms with Gasteiger partial charge >= 0.3 is 0 Å². The van der Waals surface area contributed by atoms with E-state index in [4.69, 9.17) is 23.8 Å². The normalized spacial score (nSPS) is 11.1. The predicted molar refractivity (Wildman–Crippen MR) is 74.5 cm³/mol. The molecule has 0 fully saturated rings. The van der Waals surface area contributed by atoms with Gasteiger partial charge in [-0.25, -0.2) is 4.98 Å². The van der Waals surface area contributed by atoms with Gasteiger partial charge in [0.15, 0.2) is 4.77 Å². The second kappa shape index (κ2) is 5.37. The minimum Gasteiger partial charge on any atom is -0.333 e. The highest BCUT2D eigenvalue weighted by molar-refractivity contribution is 7.71. The highest BCUT2D eigenvalue weighted by Crippen LogP contribution is 2.23. The number of aryl methyl sites for hydroxylation is 2. The van der Waals surface area contributed by atoms with Crippen molar-refractivity contribution in [3.8, 4) is 0 Å². The molecular formula is C12H11ClN4S. The fourth-order valence-electron chi connectivity index (χ4n) is 1.49. The maximum Gasteiger partial charge on any atom is 0.197 e. The van der Waals surface area contributed by atoms with Crippen molar-refractivity contribution in [1.29, 1.82) is 0 Å². The topological polar surface area (TPSA) is 53.4 Å². The van der Waals surface area contributed by atoms with E-state index in [1.165, 1.54) is 0 Å². The van der Waals surface area contributed by atoms with E-state index in [2.05, 4.69) is 20.2 Å². The molecule has 0 aliphatic heterocycles. The summed E-state index contributed by atoms with van der Waals surface area (Å²) in [5, 5.41) is 9.00. The largest absolute Gasteiger partial charge is 0.333 e. The predicted octanol–water partition coefficient (Wildman–Crippen LogP) is 4.82. The quantitative estimate of drug-likeness (QED) is 0.632. The van der Waals surface area contributed by atoms with Crippen LogP contribution in [0.5, 0.6) is 0 Å². The van der Waals surface area contributed by atoms with E-state index < -0.39 is 0 Å². The minimum atomic E-state index is 0.454. The molecule has 0 bridgehead atoms. The molecule has 0 spiro atoms. The number of H-pyrrole nitrogens is 1. The Labute approximate surface area is 115 Å². The maximum atomic E-state index is 5.80. The summed E-state index contributed by atoms with van der Waals surface area (Å²) in [6.07, 6.45) is 0. The lowest BCUT2D eigenvalue weighted by Gasteiger charge is -2.02. The van der Waals surface area contributed by atoms with Gasteiger partial charge in [0.05, 0.1) is 11.4 Å². The summed E-state index contributed by atoms with van der Waals surface area (Å²) in [4.78, 5) is 7.10. The minimum absolute atomic E-state index is 0.454. The van der Waals surface area contributed by atoms with Gasteiger partial charge in [-0.1, -0.05) is 11.6 Å². The zero-order chi connectivity index (χ0) is 13.1. The first-order valence-electron chi connectivity index (χ1n) is 5.31. The lowest BCUT2D eigenvalue weighted by molar-refractivity contribution is 1.01. The smallest absolute Gasteiger partial charge is 0.197 e. The van der Waals surface area contributed by atoms with Gasteiger partial charge in [-0.05, 0) is 50.3 Å². The van der Waals surface area contributed by atoms with Crippen molar-refractivity contribution < 1.29 is 0 Å². The summed E-state index contributed by atoms with van der Waals surface area (Å²) in [6.45, 7) is 3.74. The Hall–Kier alpha value is -1.59. The Morgan fingerprint density at radius 1 is 1.17 bits per heavy atom. The van der Waals surface area contributed by atoms with Crippen molar-refractivity contribution in [2.45, 2.75) is 13.8 Å². The monoisotopic (exact) mass is 278 g/mol. The lowest BCUT2D eigenvalue weighted by Crippen LogP contribution is -1.90. The highest BCUT2D eigenvalue weighted by Gasteiger charge is 2.03. The molecule has 0 aliphatic carbocycles. The van der Waals surface area contributed by atoms with Crippen molar-refractivity contribution in [3.63, 3.8) is 0 Å². The van der Waals surface area contributed by atoms with Gasteiger partial charge in [0, 0.05) is 10.7 Å². The summed E-state index contributed by atoms with van der Waals surface area (Å²) in [7, 11) is 0. The number of nitrogens with one attached hydrogen (secondary N) is 1. The fraction of sp³-hybridized carbons (Fsp3) is 0.167. The molecule has 0 radical (unpaired) electrons. The van der Waals surface area contributed by atoms with E-state index in [-0.39, 0.29) is 0 Å². The number of halogens is 1. The van der Waals surface area contributed by atoms with Crippen LogP contribution in [0, 0.1) is 18.6 Å². The second-order valence-electron chi connectivity index (χ2n) is 3.78. The van der Waals surface area contributed by atoms with Crippen molar-refractivity contribution in [2.24, 2.45) is 10.2 Å². The molecule has 2 rings (SSSR count). The molecule has 1 aromatic carbocycles. The number of aromatic amines is 1. The second-order valence-corrected chi connectivity index (χ2v) is 4.60. The third kappa shape index (κ3) is 3.00. The number of benzene rings is 1. The maximum absolute atomic E-state index is 5.80. The summed E-state index contributed by atoms with van der Waals surface area (Å²) < 4.78 is 0.454. The summed E-state index contributed by atoms with van der Waals surface area (Å²) in [5.74, 6) is 0. The van der Waals surface area contributed by atoms with Crippen LogP contribution in [0.15, 0.2) is 34.5 Å². The third-order valence-corrected chi connectivity index (χ3v) is 2.80. The van der Waals surface area contributed by atoms with Crippen LogP contribution >= 0.6 is 23.8 Å². The Morgan fingerprint density at radius 2 is 1.83 bits per heavy atom. The molecule has 0 saturated carbocycles. The molecule has 0 amide bonds. The lowest BCUT2D eigenvalue weighted by atomic mass is 10.3. The van der Waals surface area contributed by atoms with E-state index in [1.54, 1.807) is 24.3 Å². The zero-order valence-electron chi connectivity index (χ0n) is 9.94. The van der Waals surface area contributed by atoms with Gasteiger partial charge < -0.3 is 4.98 Å². The van der Waals surface area contributed by atoms with Gasteiger partial charge in [-0.15, -0.1) is 5.11 Å². The van der Waals surface area contributed by atoms with Gasteiger partial charge in [-0.3, -0.25) is 0 Å². The van der Waals surface area contributed by atoms with E-state index >= 15 is 0 Å². The number of nitrogens with zero attached hydrogens (tertiary/aromatic N) is 3. The Bertz CT molecular complexity index is 620. The van der Waals surface area contributed by atoms with Crippen molar-refractivity contribution in [2.75, 3.05) is 0 Å². The Balaban J connectivity index is 2.34. The zero-order valence-corrected chi connectivity index (χ0v) is 11.5. The van der Waals surface area contributed by atoms with Gasteiger partial charge in [0.1, 0.15) is 5.69 Å². The van der Waals surface area contributed by atoms with Gasteiger partial charge in [-0.2, -0.15) is 5.11 Å². The average Bonchev–Trinajstić information content (AvgIpc) is 2.30. The van der Waals surface area contributed by atoms with E-state index in [0.717, 1.165) is 17.1 Å². The van der Waals surface area contributed by atoms with Crippen LogP contribution in [0.25, 0.3) is 0 Å². The molecular weight excluding hydrogens is 268 g/mol. The molecule has 0 saturated heterocycles. The number of hydrogen-bond donors (Lipinski definition) is 1. The fourth-order valence-corrected chi connectivity index (χ4v) is 1.90. The van der Waals surface area contributed by atoms with Crippen LogP contribution in [0.2, 0.25) is 5.02 Å². The molecule has 0 atom stereocenters. The highest BCUT2D eigenvalue weighted by atomic mass is 35.5. The van der Waals surface area contributed by atoms with E-state index in [1.807, 2.05) is 13.8 Å². The Kier molecular flexibility index (Phi) is 3.84. The van der Waals surface area contributed by atoms with E-state index in [9.17, 15) is 0 Å². The van der Waals surface area contributed by atoms with Crippen molar-refractivity contribution in [3.05, 3.63) is 45.4 Å². The number of hydrogen-bond acceptors (Lipinski definition) is 4. The molecule has 0 unspecified atom stereocenters. The summed E-state index contributed by atoms with van der Waals surface area (Å²) in [6, 6.07) is 7.14. The van der Waals surface area contributed by atoms with Gasteiger partial charge in [0.2, 0.25) is 0 Å². The summed E-state index contributed by atoms with van der Waals surface area (Å²) in [5.41, 5.74) is 3.05. The molecule has 0 aliphatic rings. The van der Waals surface area contributed by atoms with Crippen LogP contribution in [0.1, 0.15) is 11.4 Å². The SMILES string of the molecule is Cc1nc(=S)[nH]c(C)c1N=Nc1ccc(Cl)cc1. The standard InChI is InChI=1S/C12H11ClN4S/c1-7-11(8(2)15-12(18)14-7)17-16-10-5-3-9(13)4-6-10/h3-6H,1-2H3,(H,14,15,18). The molecule has 1 heterocycles. The first-order chi connectivity index (χ1) is 8.56. The van der Waals surface area contributed by atoms with Crippen LogP contribution in [0.4, 0.5) is 11.4 Å². The van der Waals surface area contributed by atoms with Crippen molar-refractivity contribution >= 4 is 35.2 Å². The molecule has 18 heavy (non-hydrogen) atoms. The molecule has 1 aromatic heterocycles. The molecule has 4 nitrogen and oxygen atoms in total. The number of rotatable bonds is 2. The summed E-state index contributed by atoms with van der Waals surface area (Å²) >= 11 is 10.8. The van der Waals surface area contributed by atoms with E-state index in [0.29, 0.717) is 15.5 Å². The van der Waals surface area contributed by atoms with Crippen LogP contribution in [0.3, 0.4) is 0 Å². The molecule has 6 heteroatoms. The first-order valence-corrected chi connectivity index (χ1v) is 6.10.